The lowest BCUT2D eigenvalue weighted by Gasteiger charge is -2.28. The van der Waals surface area contributed by atoms with Crippen molar-refractivity contribution in [3.8, 4) is 0 Å². The lowest BCUT2D eigenvalue weighted by Crippen LogP contribution is -2.13. The number of aliphatic hydroxyl groups excluding tert-OH is 1. The quantitative estimate of drug-likeness (QED) is 0.607. The van der Waals surface area contributed by atoms with Crippen LogP contribution < -0.4 is 0 Å². The second kappa shape index (κ2) is 7.91. The molecule has 1 aliphatic rings. The van der Waals surface area contributed by atoms with Crippen LogP contribution in [0.2, 0.25) is 0 Å². The van der Waals surface area contributed by atoms with Gasteiger partial charge in [0.15, 0.2) is 0 Å². The summed E-state index contributed by atoms with van der Waals surface area (Å²) in [4.78, 5) is 0. The fraction of sp³-hybridized carbons (Fsp3) is 0.583. The van der Waals surface area contributed by atoms with Gasteiger partial charge in [0, 0.05) is 0 Å². The Morgan fingerprint density at radius 3 is 2.08 bits per heavy atom. The van der Waals surface area contributed by atoms with E-state index < -0.39 is 0 Å². The molecule has 1 nitrogen and oxygen atoms in total. The maximum Gasteiger partial charge on any atom is 0.0690 e. The van der Waals surface area contributed by atoms with Crippen molar-refractivity contribution in [3.63, 3.8) is 0 Å². The van der Waals surface area contributed by atoms with E-state index in [9.17, 15) is 5.11 Å². The van der Waals surface area contributed by atoms with Gasteiger partial charge in [-0.05, 0) is 63.5 Å². The van der Waals surface area contributed by atoms with Crippen LogP contribution in [-0.2, 0) is 13.0 Å². The van der Waals surface area contributed by atoms with Gasteiger partial charge in [-0.3, -0.25) is 0 Å². The minimum Gasteiger partial charge on any atom is -0.392 e. The summed E-state index contributed by atoms with van der Waals surface area (Å²) in [5.74, 6) is 0.911. The molecule has 1 N–H and O–H groups in total. The Bertz CT molecular complexity index is 672. The van der Waals surface area contributed by atoms with Crippen LogP contribution in [0.25, 0.3) is 5.57 Å². The van der Waals surface area contributed by atoms with E-state index in [1.165, 1.54) is 27.8 Å². The second-order valence-corrected chi connectivity index (χ2v) is 8.79. The highest BCUT2D eigenvalue weighted by Gasteiger charge is 2.24. The molecule has 0 heterocycles. The van der Waals surface area contributed by atoms with E-state index in [1.807, 2.05) is 0 Å². The highest BCUT2D eigenvalue weighted by molar-refractivity contribution is 5.81. The van der Waals surface area contributed by atoms with Crippen LogP contribution in [0.1, 0.15) is 101 Å². The van der Waals surface area contributed by atoms with Crippen LogP contribution in [0.5, 0.6) is 0 Å². The Hall–Kier alpha value is -1.34. The summed E-state index contributed by atoms with van der Waals surface area (Å²) in [6.45, 7) is 16.0. The van der Waals surface area contributed by atoms with Gasteiger partial charge in [-0.1, -0.05) is 79.2 Å². The molecule has 1 aromatic carbocycles. The fourth-order valence-corrected chi connectivity index (χ4v) is 3.89. The third kappa shape index (κ3) is 4.26. The van der Waals surface area contributed by atoms with Crippen molar-refractivity contribution < 1.29 is 5.11 Å². The first-order chi connectivity index (χ1) is 11.7. The lowest BCUT2D eigenvalue weighted by molar-refractivity contribution is 0.279. The summed E-state index contributed by atoms with van der Waals surface area (Å²) in [5, 5.41) is 10.3. The Morgan fingerprint density at radius 2 is 1.64 bits per heavy atom. The summed E-state index contributed by atoms with van der Waals surface area (Å²) in [5.41, 5.74) is 8.18. The second-order valence-electron chi connectivity index (χ2n) is 8.79. The fourth-order valence-electron chi connectivity index (χ4n) is 3.89. The van der Waals surface area contributed by atoms with E-state index in [-0.39, 0.29) is 12.0 Å². The zero-order valence-electron chi connectivity index (χ0n) is 17.2. The molecule has 1 aliphatic carbocycles. The van der Waals surface area contributed by atoms with E-state index in [2.05, 4.69) is 72.8 Å². The molecular formula is C24H36O. The number of allylic oxidation sites excluding steroid dienone is 4. The van der Waals surface area contributed by atoms with Gasteiger partial charge in [-0.2, -0.15) is 0 Å². The third-order valence-corrected chi connectivity index (χ3v) is 5.36. The highest BCUT2D eigenvalue weighted by atomic mass is 16.3. The van der Waals surface area contributed by atoms with Gasteiger partial charge in [0.2, 0.25) is 0 Å². The number of rotatable bonds is 6. The average Bonchev–Trinajstić information content (AvgIpc) is 2.54. The smallest absolute Gasteiger partial charge is 0.0690 e. The molecule has 0 atom stereocenters. The molecule has 0 radical (unpaired) electrons. The molecule has 2 rings (SSSR count). The van der Waals surface area contributed by atoms with Crippen molar-refractivity contribution >= 4 is 5.57 Å². The Kier molecular flexibility index (Phi) is 6.32. The molecule has 25 heavy (non-hydrogen) atoms. The molecule has 0 aromatic heterocycles. The number of aliphatic hydroxyl groups is 1. The summed E-state index contributed by atoms with van der Waals surface area (Å²) in [6, 6.07) is 2.37. The molecule has 0 aliphatic heterocycles. The summed E-state index contributed by atoms with van der Waals surface area (Å²) < 4.78 is 0. The Morgan fingerprint density at radius 1 is 1.04 bits per heavy atom. The molecule has 138 valence electrons. The van der Waals surface area contributed by atoms with E-state index in [0.717, 1.165) is 24.8 Å². The number of benzene rings is 1. The first-order valence-corrected chi connectivity index (χ1v) is 9.91. The predicted octanol–water partition coefficient (Wildman–Crippen LogP) is 6.75. The van der Waals surface area contributed by atoms with Crippen molar-refractivity contribution in [2.45, 2.75) is 86.2 Å². The normalized spacial score (nSPS) is 16.6. The van der Waals surface area contributed by atoms with Gasteiger partial charge in [0.1, 0.15) is 0 Å². The van der Waals surface area contributed by atoms with Gasteiger partial charge >= 0.3 is 0 Å². The summed E-state index contributed by atoms with van der Waals surface area (Å²) in [7, 11) is 0. The van der Waals surface area contributed by atoms with Crippen molar-refractivity contribution in [2.75, 3.05) is 0 Å². The number of hydrogen-bond acceptors (Lipinski definition) is 1. The average molecular weight is 341 g/mol. The summed E-state index contributed by atoms with van der Waals surface area (Å²) >= 11 is 0. The van der Waals surface area contributed by atoms with Gasteiger partial charge in [-0.15, -0.1) is 0 Å². The molecule has 0 bridgehead atoms. The molecule has 1 aromatic rings. The Balaban J connectivity index is 2.78. The molecule has 1 heteroatoms. The highest BCUT2D eigenvalue weighted by Crippen LogP contribution is 2.40. The van der Waals surface area contributed by atoms with Crippen molar-refractivity contribution in [3.05, 3.63) is 52.1 Å². The van der Waals surface area contributed by atoms with E-state index in [1.54, 1.807) is 0 Å². The van der Waals surface area contributed by atoms with Crippen molar-refractivity contribution in [1.82, 2.24) is 0 Å². The van der Waals surface area contributed by atoms with Crippen LogP contribution in [0.3, 0.4) is 0 Å². The van der Waals surface area contributed by atoms with Crippen molar-refractivity contribution in [1.29, 1.82) is 0 Å². The maximum absolute atomic E-state index is 10.3. The van der Waals surface area contributed by atoms with E-state index in [0.29, 0.717) is 11.8 Å². The minimum atomic E-state index is 0.118. The molecule has 0 spiro atoms. The maximum atomic E-state index is 10.3. The molecule has 0 amide bonds. The van der Waals surface area contributed by atoms with Gasteiger partial charge in [-0.25, -0.2) is 0 Å². The largest absolute Gasteiger partial charge is 0.392 e. The van der Waals surface area contributed by atoms with Crippen LogP contribution in [0, 0.1) is 5.41 Å². The monoisotopic (exact) mass is 340 g/mol. The van der Waals surface area contributed by atoms with E-state index >= 15 is 0 Å². The van der Waals surface area contributed by atoms with Gasteiger partial charge in [0.05, 0.1) is 6.61 Å². The number of hydrogen-bond donors (Lipinski definition) is 1. The van der Waals surface area contributed by atoms with Crippen LogP contribution in [0.15, 0.2) is 24.3 Å². The molecule has 0 saturated heterocycles. The first kappa shape index (κ1) is 20.0. The summed E-state index contributed by atoms with van der Waals surface area (Å²) in [6.07, 6.45) is 10.2. The van der Waals surface area contributed by atoms with Crippen LogP contribution in [-0.4, -0.2) is 5.11 Å². The Labute approximate surface area is 154 Å². The van der Waals surface area contributed by atoms with Gasteiger partial charge < -0.3 is 5.11 Å². The minimum absolute atomic E-state index is 0.118. The van der Waals surface area contributed by atoms with Crippen molar-refractivity contribution in [2.24, 2.45) is 5.41 Å². The first-order valence-electron chi connectivity index (χ1n) is 9.91. The lowest BCUT2D eigenvalue weighted by atomic mass is 9.77. The van der Waals surface area contributed by atoms with Crippen LogP contribution >= 0.6 is 0 Å². The molecule has 0 saturated carbocycles. The van der Waals surface area contributed by atoms with Gasteiger partial charge in [0.25, 0.3) is 0 Å². The molecule has 0 unspecified atom stereocenters. The zero-order chi connectivity index (χ0) is 18.8. The zero-order valence-corrected chi connectivity index (χ0v) is 17.2. The van der Waals surface area contributed by atoms with Crippen LogP contribution in [0.4, 0.5) is 0 Å². The van der Waals surface area contributed by atoms with E-state index in [4.69, 9.17) is 0 Å². The predicted molar refractivity (Wildman–Crippen MR) is 110 cm³/mol. The molecular weight excluding hydrogens is 304 g/mol. The topological polar surface area (TPSA) is 20.2 Å². The SMILES string of the molecule is CCCc1c(C(C)C)cc(C(C)C)c(CO)c1C1=CCC(C)(C)C=C1. The third-order valence-electron chi connectivity index (χ3n) is 5.36. The standard InChI is InChI=1S/C24H36O/c1-8-9-19-20(16(2)3)14-21(17(4)5)22(15-25)23(19)18-10-12-24(6,7)13-11-18/h10-12,14,16-17,25H,8-9,13,15H2,1-7H3. The molecule has 0 fully saturated rings.